The summed E-state index contributed by atoms with van der Waals surface area (Å²) in [6, 6.07) is 0.137. The number of nitrogens with zero attached hydrogens (tertiary/aromatic N) is 3. The Morgan fingerprint density at radius 3 is 1.08 bits per heavy atom. The number of ether oxygens (including phenoxy) is 2. The second kappa shape index (κ2) is 33.4. The van der Waals surface area contributed by atoms with Crippen LogP contribution in [0.25, 0.3) is 0 Å². The molecule has 2 N–H and O–H groups in total. The number of hydrogen-bond acceptors (Lipinski definition) is 7. The van der Waals surface area contributed by atoms with Crippen LogP contribution in [-0.4, -0.2) is 123 Å². The molecular formula is C40H83N3O5. The standard InChI is InChI=1S/C40H83N3O5/c1-8-10-12-14-16-18-20-22-24-26-28-37(41(4)5)39(45)34-47-32-30-43(36(3)44)31-33-48-35-40(46)38(42(6)7)29-27-25-23-21-19-17-15-13-11-9-2/h37-40,45-46H,8-35H2,1-7H3. The number of carbonyl (C=O) groups excluding carboxylic acids is 1. The van der Waals surface area contributed by atoms with E-state index in [1.165, 1.54) is 116 Å². The second-order valence-electron chi connectivity index (χ2n) is 14.8. The summed E-state index contributed by atoms with van der Waals surface area (Å²) in [5.74, 6) is -0.0254. The lowest BCUT2D eigenvalue weighted by Crippen LogP contribution is -2.43. The molecule has 288 valence electrons. The number of unbranched alkanes of at least 4 members (excludes halogenated alkanes) is 18. The second-order valence-corrected chi connectivity index (χ2v) is 14.8. The van der Waals surface area contributed by atoms with E-state index in [0.29, 0.717) is 26.3 Å². The number of likely N-dealkylation sites (N-methyl/N-ethyl adjacent to an activating group) is 2. The minimum Gasteiger partial charge on any atom is -0.389 e. The first-order chi connectivity index (χ1) is 23.1. The first-order valence-corrected chi connectivity index (χ1v) is 20.3. The van der Waals surface area contributed by atoms with Crippen LogP contribution in [-0.2, 0) is 14.3 Å². The minimum absolute atomic E-state index is 0.0254. The third kappa shape index (κ3) is 27.0. The van der Waals surface area contributed by atoms with E-state index in [0.717, 1.165) is 25.7 Å². The van der Waals surface area contributed by atoms with Gasteiger partial charge in [-0.05, 0) is 41.0 Å². The molecule has 0 aromatic heterocycles. The highest BCUT2D eigenvalue weighted by Gasteiger charge is 2.23. The molecular weight excluding hydrogens is 602 g/mol. The van der Waals surface area contributed by atoms with Gasteiger partial charge in [0, 0.05) is 32.1 Å². The number of amides is 1. The lowest BCUT2D eigenvalue weighted by atomic mass is 10.0. The first kappa shape index (κ1) is 47.2. The number of aliphatic hydroxyl groups excluding tert-OH is 2. The quantitative estimate of drug-likeness (QED) is 0.0646. The Balaban J connectivity index is 4.20. The predicted molar refractivity (Wildman–Crippen MR) is 204 cm³/mol. The molecule has 0 spiro atoms. The fraction of sp³-hybridized carbons (Fsp3) is 0.975. The van der Waals surface area contributed by atoms with Crippen LogP contribution >= 0.6 is 0 Å². The van der Waals surface area contributed by atoms with E-state index < -0.39 is 12.2 Å². The van der Waals surface area contributed by atoms with Gasteiger partial charge in [-0.2, -0.15) is 0 Å². The van der Waals surface area contributed by atoms with Gasteiger partial charge in [0.05, 0.1) is 38.6 Å². The van der Waals surface area contributed by atoms with Crippen LogP contribution in [0.15, 0.2) is 0 Å². The van der Waals surface area contributed by atoms with E-state index in [1.807, 2.05) is 28.2 Å². The molecule has 0 radical (unpaired) electrons. The van der Waals surface area contributed by atoms with E-state index in [-0.39, 0.29) is 31.2 Å². The molecule has 0 saturated heterocycles. The summed E-state index contributed by atoms with van der Waals surface area (Å²) in [5.41, 5.74) is 0. The summed E-state index contributed by atoms with van der Waals surface area (Å²) in [5, 5.41) is 21.7. The zero-order chi connectivity index (χ0) is 35.8. The van der Waals surface area contributed by atoms with Crippen LogP contribution in [0.2, 0.25) is 0 Å². The van der Waals surface area contributed by atoms with Gasteiger partial charge in [-0.1, -0.05) is 142 Å². The highest BCUT2D eigenvalue weighted by molar-refractivity contribution is 5.73. The Bertz CT molecular complexity index is 646. The van der Waals surface area contributed by atoms with Crippen LogP contribution in [0, 0.1) is 0 Å². The van der Waals surface area contributed by atoms with Crippen LogP contribution in [0.3, 0.4) is 0 Å². The van der Waals surface area contributed by atoms with Crippen LogP contribution in [0.5, 0.6) is 0 Å². The summed E-state index contributed by atoms with van der Waals surface area (Å²) in [7, 11) is 8.10. The molecule has 0 aliphatic carbocycles. The summed E-state index contributed by atoms with van der Waals surface area (Å²) in [6.45, 7) is 8.28. The Morgan fingerprint density at radius 1 is 0.521 bits per heavy atom. The molecule has 0 aliphatic heterocycles. The lowest BCUT2D eigenvalue weighted by Gasteiger charge is -2.30. The van der Waals surface area contributed by atoms with Gasteiger partial charge in [-0.3, -0.25) is 4.79 Å². The zero-order valence-electron chi connectivity index (χ0n) is 33.1. The molecule has 4 unspecified atom stereocenters. The lowest BCUT2D eigenvalue weighted by molar-refractivity contribution is -0.130. The highest BCUT2D eigenvalue weighted by atomic mass is 16.5. The van der Waals surface area contributed by atoms with Gasteiger partial charge >= 0.3 is 0 Å². The molecule has 0 heterocycles. The molecule has 0 aromatic carbocycles. The van der Waals surface area contributed by atoms with Gasteiger partial charge in [0.2, 0.25) is 5.91 Å². The monoisotopic (exact) mass is 686 g/mol. The number of hydrogen-bond donors (Lipinski definition) is 2. The maximum atomic E-state index is 12.2. The van der Waals surface area contributed by atoms with Crippen LogP contribution < -0.4 is 0 Å². The Labute approximate surface area is 298 Å². The smallest absolute Gasteiger partial charge is 0.219 e. The van der Waals surface area contributed by atoms with Crippen molar-refractivity contribution in [2.24, 2.45) is 0 Å². The molecule has 0 bridgehead atoms. The van der Waals surface area contributed by atoms with Gasteiger partial charge in [0.25, 0.3) is 0 Å². The van der Waals surface area contributed by atoms with E-state index in [9.17, 15) is 15.0 Å². The van der Waals surface area contributed by atoms with Crippen LogP contribution in [0.4, 0.5) is 0 Å². The van der Waals surface area contributed by atoms with Crippen molar-refractivity contribution < 1.29 is 24.5 Å². The molecule has 4 atom stereocenters. The third-order valence-electron chi connectivity index (χ3n) is 9.96. The Kier molecular flexibility index (Phi) is 32.8. The Morgan fingerprint density at radius 2 is 0.812 bits per heavy atom. The molecule has 0 aliphatic rings. The maximum Gasteiger partial charge on any atom is 0.219 e. The number of aliphatic hydroxyl groups is 2. The third-order valence-corrected chi connectivity index (χ3v) is 9.96. The van der Waals surface area contributed by atoms with Gasteiger partial charge in [-0.15, -0.1) is 0 Å². The maximum absolute atomic E-state index is 12.2. The van der Waals surface area contributed by atoms with Crippen molar-refractivity contribution in [1.29, 1.82) is 0 Å². The number of rotatable bonds is 36. The fourth-order valence-electron chi connectivity index (χ4n) is 6.68. The molecule has 1 amide bonds. The van der Waals surface area contributed by atoms with Crippen molar-refractivity contribution in [2.75, 3.05) is 67.7 Å². The minimum atomic E-state index is -0.556. The van der Waals surface area contributed by atoms with Gasteiger partial charge < -0.3 is 34.4 Å². The van der Waals surface area contributed by atoms with Gasteiger partial charge in [0.1, 0.15) is 0 Å². The van der Waals surface area contributed by atoms with Crippen molar-refractivity contribution in [3.63, 3.8) is 0 Å². The summed E-state index contributed by atoms with van der Waals surface area (Å²) in [4.78, 5) is 18.2. The molecule has 0 saturated carbocycles. The SMILES string of the molecule is CCCCCCCCCCCCC(C(O)COCCN(CCOCC(O)C(CCCCCCCCCCCC)N(C)C)C(C)=O)N(C)C. The van der Waals surface area contributed by atoms with Crippen LogP contribution in [0.1, 0.15) is 162 Å². The van der Waals surface area contributed by atoms with Gasteiger partial charge in [-0.25, -0.2) is 0 Å². The molecule has 0 rings (SSSR count). The zero-order valence-corrected chi connectivity index (χ0v) is 33.1. The van der Waals surface area contributed by atoms with E-state index >= 15 is 0 Å². The first-order valence-electron chi connectivity index (χ1n) is 20.3. The largest absolute Gasteiger partial charge is 0.389 e. The summed E-state index contributed by atoms with van der Waals surface area (Å²) < 4.78 is 11.7. The fourth-order valence-corrected chi connectivity index (χ4v) is 6.68. The predicted octanol–water partition coefficient (Wildman–Crippen LogP) is 8.07. The van der Waals surface area contributed by atoms with E-state index in [4.69, 9.17) is 9.47 Å². The number of carbonyl (C=O) groups is 1. The highest BCUT2D eigenvalue weighted by Crippen LogP contribution is 2.17. The van der Waals surface area contributed by atoms with Crippen molar-refractivity contribution >= 4 is 5.91 Å². The molecule has 8 heteroatoms. The van der Waals surface area contributed by atoms with Crippen molar-refractivity contribution in [2.45, 2.75) is 186 Å². The van der Waals surface area contributed by atoms with E-state index in [1.54, 1.807) is 11.8 Å². The van der Waals surface area contributed by atoms with Crippen molar-refractivity contribution in [3.05, 3.63) is 0 Å². The van der Waals surface area contributed by atoms with E-state index in [2.05, 4.69) is 23.6 Å². The summed E-state index contributed by atoms with van der Waals surface area (Å²) in [6.07, 6.45) is 27.0. The molecule has 8 nitrogen and oxygen atoms in total. The molecule has 48 heavy (non-hydrogen) atoms. The van der Waals surface area contributed by atoms with Crippen molar-refractivity contribution in [3.8, 4) is 0 Å². The Hall–Kier alpha value is -0.770. The average molecular weight is 686 g/mol. The van der Waals surface area contributed by atoms with Crippen molar-refractivity contribution in [1.82, 2.24) is 14.7 Å². The molecule has 0 aromatic rings. The average Bonchev–Trinajstić information content (AvgIpc) is 3.04. The summed E-state index contributed by atoms with van der Waals surface area (Å²) >= 11 is 0. The normalized spacial score (nSPS) is 14.5. The van der Waals surface area contributed by atoms with Gasteiger partial charge in [0.15, 0.2) is 0 Å². The topological polar surface area (TPSA) is 85.7 Å². The molecule has 0 fully saturated rings.